The fourth-order valence-corrected chi connectivity index (χ4v) is 3.17. The molecule has 20 heavy (non-hydrogen) atoms. The molecule has 1 atom stereocenters. The Morgan fingerprint density at radius 1 is 1.30 bits per heavy atom. The molecule has 1 N–H and O–H groups in total. The first kappa shape index (κ1) is 15.5. The minimum absolute atomic E-state index is 0.519. The van der Waals surface area contributed by atoms with Crippen molar-refractivity contribution in [2.45, 2.75) is 32.6 Å². The lowest BCUT2D eigenvalue weighted by Gasteiger charge is -2.08. The van der Waals surface area contributed by atoms with Crippen molar-refractivity contribution < 1.29 is 0 Å². The number of aromatic nitrogens is 1. The van der Waals surface area contributed by atoms with Crippen LogP contribution >= 0.6 is 22.9 Å². The monoisotopic (exact) mass is 308 g/mol. The van der Waals surface area contributed by atoms with Crippen molar-refractivity contribution in [1.29, 1.82) is 0 Å². The molecule has 0 aliphatic carbocycles. The molecule has 1 heterocycles. The van der Waals surface area contributed by atoms with Crippen molar-refractivity contribution in [2.24, 2.45) is 0 Å². The second-order valence-corrected chi connectivity index (χ2v) is 6.28. The van der Waals surface area contributed by atoms with Gasteiger partial charge >= 0.3 is 0 Å². The van der Waals surface area contributed by atoms with Crippen molar-refractivity contribution >= 4 is 22.9 Å². The van der Waals surface area contributed by atoms with Crippen LogP contribution < -0.4 is 5.32 Å². The summed E-state index contributed by atoms with van der Waals surface area (Å²) in [5, 5.41) is 7.39. The Hall–Kier alpha value is -0.900. The Morgan fingerprint density at radius 2 is 2.05 bits per heavy atom. The molecule has 0 fully saturated rings. The minimum Gasteiger partial charge on any atom is -0.317 e. The van der Waals surface area contributed by atoms with Crippen LogP contribution in [0.25, 0.3) is 10.6 Å². The molecule has 4 heteroatoms. The van der Waals surface area contributed by atoms with E-state index in [0.717, 1.165) is 28.7 Å². The number of benzene rings is 1. The summed E-state index contributed by atoms with van der Waals surface area (Å²) >= 11 is 7.63. The topological polar surface area (TPSA) is 24.9 Å². The molecule has 0 amide bonds. The second kappa shape index (κ2) is 7.77. The lowest BCUT2D eigenvalue weighted by atomic mass is 10.0. The van der Waals surface area contributed by atoms with Crippen LogP contribution in [-0.2, 0) is 0 Å². The summed E-state index contributed by atoms with van der Waals surface area (Å²) in [7, 11) is 0. The molecular weight excluding hydrogens is 288 g/mol. The van der Waals surface area contributed by atoms with E-state index in [9.17, 15) is 0 Å². The van der Waals surface area contributed by atoms with Gasteiger partial charge in [-0.05, 0) is 44.0 Å². The summed E-state index contributed by atoms with van der Waals surface area (Å²) in [4.78, 5) is 4.76. The van der Waals surface area contributed by atoms with Gasteiger partial charge in [-0.3, -0.25) is 0 Å². The van der Waals surface area contributed by atoms with Gasteiger partial charge in [-0.1, -0.05) is 37.6 Å². The first-order chi connectivity index (χ1) is 9.70. The van der Waals surface area contributed by atoms with Gasteiger partial charge in [0, 0.05) is 16.0 Å². The van der Waals surface area contributed by atoms with Crippen LogP contribution in [0.15, 0.2) is 29.6 Å². The van der Waals surface area contributed by atoms with Gasteiger partial charge in [-0.2, -0.15) is 0 Å². The average Bonchev–Trinajstić information content (AvgIpc) is 2.94. The molecule has 0 bridgehead atoms. The van der Waals surface area contributed by atoms with E-state index >= 15 is 0 Å². The number of halogens is 1. The third kappa shape index (κ3) is 4.30. The molecule has 0 aliphatic rings. The van der Waals surface area contributed by atoms with Crippen molar-refractivity contribution in [2.75, 3.05) is 13.1 Å². The number of hydrogen-bond donors (Lipinski definition) is 1. The molecule has 1 unspecified atom stereocenters. The van der Waals surface area contributed by atoms with E-state index in [0.29, 0.717) is 5.92 Å². The van der Waals surface area contributed by atoms with Crippen LogP contribution in [0.5, 0.6) is 0 Å². The Bertz CT molecular complexity index is 522. The summed E-state index contributed by atoms with van der Waals surface area (Å²) in [6, 6.07) is 7.89. The van der Waals surface area contributed by atoms with Gasteiger partial charge < -0.3 is 5.32 Å². The minimum atomic E-state index is 0.519. The van der Waals surface area contributed by atoms with E-state index in [1.54, 1.807) is 11.3 Å². The molecule has 0 spiro atoms. The van der Waals surface area contributed by atoms with E-state index in [1.165, 1.54) is 18.5 Å². The molecule has 1 aromatic carbocycles. The largest absolute Gasteiger partial charge is 0.317 e. The van der Waals surface area contributed by atoms with Crippen LogP contribution in [0.4, 0.5) is 0 Å². The second-order valence-electron chi connectivity index (χ2n) is 4.98. The molecule has 2 rings (SSSR count). The molecule has 0 saturated carbocycles. The zero-order chi connectivity index (χ0) is 14.4. The zero-order valence-electron chi connectivity index (χ0n) is 12.0. The van der Waals surface area contributed by atoms with Gasteiger partial charge in [0.05, 0.1) is 5.69 Å². The van der Waals surface area contributed by atoms with E-state index in [-0.39, 0.29) is 0 Å². The number of hydrogen-bond acceptors (Lipinski definition) is 3. The highest BCUT2D eigenvalue weighted by atomic mass is 35.5. The van der Waals surface area contributed by atoms with Crippen LogP contribution in [0, 0.1) is 0 Å². The van der Waals surface area contributed by atoms with Crippen LogP contribution in [-0.4, -0.2) is 18.1 Å². The predicted octanol–water partition coefficient (Wildman–Crippen LogP) is 4.96. The fraction of sp³-hybridized carbons (Fsp3) is 0.438. The molecule has 0 radical (unpaired) electrons. The summed E-state index contributed by atoms with van der Waals surface area (Å²) in [5.74, 6) is 0.519. The summed E-state index contributed by atoms with van der Waals surface area (Å²) in [5.41, 5.74) is 2.35. The average molecular weight is 309 g/mol. The third-order valence-electron chi connectivity index (χ3n) is 3.36. The first-order valence-corrected chi connectivity index (χ1v) is 8.38. The number of rotatable bonds is 7. The van der Waals surface area contributed by atoms with Crippen molar-refractivity contribution in [1.82, 2.24) is 10.3 Å². The number of nitrogens with zero attached hydrogens (tertiary/aromatic N) is 1. The highest BCUT2D eigenvalue weighted by molar-refractivity contribution is 7.13. The smallest absolute Gasteiger partial charge is 0.123 e. The zero-order valence-corrected chi connectivity index (χ0v) is 13.6. The quantitative estimate of drug-likeness (QED) is 0.731. The van der Waals surface area contributed by atoms with E-state index in [1.807, 2.05) is 24.3 Å². The maximum absolute atomic E-state index is 5.91. The molecule has 1 aromatic heterocycles. The predicted molar refractivity (Wildman–Crippen MR) is 88.8 cm³/mol. The van der Waals surface area contributed by atoms with Gasteiger partial charge in [-0.15, -0.1) is 11.3 Å². The van der Waals surface area contributed by atoms with Crippen molar-refractivity contribution in [3.05, 3.63) is 40.4 Å². The summed E-state index contributed by atoms with van der Waals surface area (Å²) < 4.78 is 0. The molecule has 0 aliphatic heterocycles. The standard InChI is InChI=1S/C16H21ClN2S/c1-3-18-10-4-5-12(2)15-11-20-16(19-15)13-6-8-14(17)9-7-13/h6-9,11-12,18H,3-5,10H2,1-2H3. The van der Waals surface area contributed by atoms with Gasteiger partial charge in [0.25, 0.3) is 0 Å². The van der Waals surface area contributed by atoms with Gasteiger partial charge in [0.15, 0.2) is 0 Å². The highest BCUT2D eigenvalue weighted by Crippen LogP contribution is 2.29. The maximum Gasteiger partial charge on any atom is 0.123 e. The fourth-order valence-electron chi connectivity index (χ4n) is 2.10. The van der Waals surface area contributed by atoms with Gasteiger partial charge in [0.1, 0.15) is 5.01 Å². The Kier molecular flexibility index (Phi) is 6.02. The van der Waals surface area contributed by atoms with Gasteiger partial charge in [-0.25, -0.2) is 4.98 Å². The van der Waals surface area contributed by atoms with Crippen LogP contribution in [0.3, 0.4) is 0 Å². The third-order valence-corrected chi connectivity index (χ3v) is 4.52. The molecule has 2 nitrogen and oxygen atoms in total. The summed E-state index contributed by atoms with van der Waals surface area (Å²) in [6.07, 6.45) is 2.37. The van der Waals surface area contributed by atoms with E-state index in [2.05, 4.69) is 24.5 Å². The van der Waals surface area contributed by atoms with Crippen LogP contribution in [0.1, 0.15) is 38.3 Å². The molecule has 0 saturated heterocycles. The van der Waals surface area contributed by atoms with Crippen molar-refractivity contribution in [3.63, 3.8) is 0 Å². The van der Waals surface area contributed by atoms with Gasteiger partial charge in [0.2, 0.25) is 0 Å². The normalized spacial score (nSPS) is 12.6. The Labute approximate surface area is 130 Å². The number of nitrogens with one attached hydrogen (secondary N) is 1. The Balaban J connectivity index is 1.96. The van der Waals surface area contributed by atoms with Crippen LogP contribution in [0.2, 0.25) is 5.02 Å². The van der Waals surface area contributed by atoms with E-state index < -0.39 is 0 Å². The Morgan fingerprint density at radius 3 is 2.75 bits per heavy atom. The first-order valence-electron chi connectivity index (χ1n) is 7.12. The lowest BCUT2D eigenvalue weighted by molar-refractivity contribution is 0.583. The lowest BCUT2D eigenvalue weighted by Crippen LogP contribution is -2.14. The highest BCUT2D eigenvalue weighted by Gasteiger charge is 2.11. The number of thiazole rings is 1. The molecular formula is C16H21ClN2S. The molecule has 2 aromatic rings. The van der Waals surface area contributed by atoms with Crippen molar-refractivity contribution in [3.8, 4) is 10.6 Å². The molecule has 108 valence electrons. The maximum atomic E-state index is 5.91. The summed E-state index contributed by atoms with van der Waals surface area (Å²) in [6.45, 7) is 6.54. The SMILES string of the molecule is CCNCCCC(C)c1csc(-c2ccc(Cl)cc2)n1. The van der Waals surface area contributed by atoms with E-state index in [4.69, 9.17) is 16.6 Å².